The Labute approximate surface area is 275 Å². The first kappa shape index (κ1) is 37.6. The van der Waals surface area contributed by atoms with Gasteiger partial charge < -0.3 is 21.5 Å². The Morgan fingerprint density at radius 1 is 0.977 bits per heavy atom. The van der Waals surface area contributed by atoms with Crippen LogP contribution in [0, 0.1) is 11.3 Å². The summed E-state index contributed by atoms with van der Waals surface area (Å²) in [5.74, 6) is -0.267. The van der Waals surface area contributed by atoms with Gasteiger partial charge in [0.2, 0.25) is 0 Å². The van der Waals surface area contributed by atoms with Gasteiger partial charge in [0.15, 0.2) is 0 Å². The van der Waals surface area contributed by atoms with E-state index in [0.29, 0.717) is 36.5 Å². The Balaban J connectivity index is 0.000000965. The number of aliphatic hydroxyl groups is 1. The summed E-state index contributed by atoms with van der Waals surface area (Å²) < 4.78 is 5.81. The molecule has 8 nitrogen and oxygen atoms in total. The predicted octanol–water partition coefficient (Wildman–Crippen LogP) is 2.06. The summed E-state index contributed by atoms with van der Waals surface area (Å²) in [6.07, 6.45) is 6.42. The van der Waals surface area contributed by atoms with E-state index in [4.69, 9.17) is 10.00 Å². The van der Waals surface area contributed by atoms with Crippen LogP contribution in [0.3, 0.4) is 0 Å². The molecule has 1 unspecified atom stereocenters. The zero-order valence-electron chi connectivity index (χ0n) is 29.4. The molecule has 0 bridgehead atoms. The second-order valence-electron chi connectivity index (χ2n) is 14.0. The molecular formula is C34H58LiN5O3. The zero-order valence-corrected chi connectivity index (χ0v) is 28.4. The summed E-state index contributed by atoms with van der Waals surface area (Å²) in [5.41, 5.74) is 0.328. The van der Waals surface area contributed by atoms with Gasteiger partial charge in [-0.05, 0) is 70.7 Å². The number of hydrogen-bond acceptors (Lipinski definition) is 8. The van der Waals surface area contributed by atoms with Crippen LogP contribution < -0.4 is 29.1 Å². The van der Waals surface area contributed by atoms with Crippen LogP contribution in [0.2, 0.25) is 0 Å². The molecule has 1 saturated carbocycles. The largest absolute Gasteiger partial charge is 1.00 e. The normalized spacial score (nSPS) is 20.9. The number of carbonyl (C=O) groups excluding carboxylic acids is 1. The molecule has 1 aliphatic carbocycles. The average molecular weight is 592 g/mol. The number of piperidine rings is 1. The third-order valence-corrected chi connectivity index (χ3v) is 8.58. The number of anilines is 1. The smallest absolute Gasteiger partial charge is 1.00 e. The second-order valence-corrected chi connectivity index (χ2v) is 14.0. The number of rotatable bonds is 7. The van der Waals surface area contributed by atoms with E-state index < -0.39 is 17.2 Å². The third kappa shape index (κ3) is 11.7. The van der Waals surface area contributed by atoms with Crippen molar-refractivity contribution in [1.82, 2.24) is 15.1 Å². The molecule has 0 aromatic heterocycles. The summed E-state index contributed by atoms with van der Waals surface area (Å²) in [6.45, 7) is 19.9. The maximum atomic E-state index is 13.3. The molecule has 238 valence electrons. The Bertz CT molecular complexity index is 999. The zero-order chi connectivity index (χ0) is 30.9. The Hall–Kier alpha value is -1.58. The van der Waals surface area contributed by atoms with Crippen LogP contribution in [0.25, 0.3) is 0 Å². The molecule has 1 atom stereocenters. The summed E-state index contributed by atoms with van der Waals surface area (Å²) in [5, 5.41) is 23.9. The summed E-state index contributed by atoms with van der Waals surface area (Å²) in [6, 6.07) is 11.2. The molecule has 2 heterocycles. The van der Waals surface area contributed by atoms with Crippen molar-refractivity contribution in [1.29, 1.82) is 5.26 Å². The number of hydrogen-bond donors (Lipinski definition) is 2. The van der Waals surface area contributed by atoms with Crippen LogP contribution in [0.1, 0.15) is 100 Å². The van der Waals surface area contributed by atoms with Crippen LogP contribution in [0.15, 0.2) is 24.3 Å². The van der Waals surface area contributed by atoms with Gasteiger partial charge in [0.1, 0.15) is 11.6 Å². The van der Waals surface area contributed by atoms with E-state index in [1.807, 2.05) is 45.0 Å². The average Bonchev–Trinajstić information content (AvgIpc) is 2.93. The molecule has 9 heteroatoms. The minimum Gasteiger partial charge on any atom is -1.00 e. The summed E-state index contributed by atoms with van der Waals surface area (Å²) >= 11 is 0. The quantitative estimate of drug-likeness (QED) is 0.368. The van der Waals surface area contributed by atoms with E-state index >= 15 is 0 Å². The topological polar surface area (TPSA) is 92.1 Å². The monoisotopic (exact) mass is 591 g/mol. The number of nitrogens with one attached hydrogen (secondary N) is 1. The molecule has 2 aliphatic heterocycles. The van der Waals surface area contributed by atoms with Gasteiger partial charge in [-0.25, -0.2) is 0 Å². The summed E-state index contributed by atoms with van der Waals surface area (Å²) in [7, 11) is 0. The Morgan fingerprint density at radius 3 is 1.95 bits per heavy atom. The molecule has 1 aromatic rings. The van der Waals surface area contributed by atoms with Crippen molar-refractivity contribution in [3.63, 3.8) is 0 Å². The fourth-order valence-corrected chi connectivity index (χ4v) is 6.77. The molecule has 0 amide bonds. The number of likely N-dealkylation sites (tertiary alicyclic amines) is 1. The molecule has 2 saturated heterocycles. The molecule has 2 N–H and O–H groups in total. The molecule has 4 rings (SSSR count). The number of nitrogens with zero attached hydrogens (tertiary/aromatic N) is 4. The van der Waals surface area contributed by atoms with Crippen molar-refractivity contribution in [3.8, 4) is 6.07 Å². The van der Waals surface area contributed by atoms with Crippen LogP contribution in [-0.2, 0) is 9.53 Å². The van der Waals surface area contributed by atoms with Crippen molar-refractivity contribution in [2.45, 2.75) is 129 Å². The van der Waals surface area contributed by atoms with Gasteiger partial charge in [0.25, 0.3) is 0 Å². The van der Waals surface area contributed by atoms with E-state index in [9.17, 15) is 9.90 Å². The number of benzene rings is 1. The summed E-state index contributed by atoms with van der Waals surface area (Å²) in [4.78, 5) is 20.5. The maximum absolute atomic E-state index is 13.3. The van der Waals surface area contributed by atoms with E-state index in [1.165, 1.54) is 5.69 Å². The van der Waals surface area contributed by atoms with E-state index in [1.54, 1.807) is 0 Å². The Morgan fingerprint density at radius 2 is 1.51 bits per heavy atom. The number of piperazine rings is 1. The van der Waals surface area contributed by atoms with Crippen LogP contribution in [-0.4, -0.2) is 95.5 Å². The SMILES string of the molecule is CC(C)(C)OC(=O)C(N1CCC(N2CCN(c3ccc(C#N)cc3)CC2)CC1)C1(O)CCCCC1.CC(C)NC(C)C.[H-].[Li+]. The van der Waals surface area contributed by atoms with Gasteiger partial charge in [-0.2, -0.15) is 5.26 Å². The van der Waals surface area contributed by atoms with Gasteiger partial charge in [0, 0.05) is 63.1 Å². The molecule has 1 aromatic carbocycles. The fourth-order valence-electron chi connectivity index (χ4n) is 6.77. The predicted molar refractivity (Wildman–Crippen MR) is 172 cm³/mol. The van der Waals surface area contributed by atoms with E-state index in [-0.39, 0.29) is 26.3 Å². The van der Waals surface area contributed by atoms with Crippen molar-refractivity contribution in [3.05, 3.63) is 29.8 Å². The van der Waals surface area contributed by atoms with Gasteiger partial charge in [-0.1, -0.05) is 47.0 Å². The van der Waals surface area contributed by atoms with E-state index in [2.05, 4.69) is 53.8 Å². The van der Waals surface area contributed by atoms with E-state index in [0.717, 1.165) is 71.4 Å². The molecule has 3 fully saturated rings. The van der Waals surface area contributed by atoms with Gasteiger partial charge >= 0.3 is 24.8 Å². The van der Waals surface area contributed by atoms with Gasteiger partial charge in [-0.3, -0.25) is 14.6 Å². The molecule has 43 heavy (non-hydrogen) atoms. The number of ether oxygens (including phenoxy) is 1. The Kier molecular flexibility index (Phi) is 15.0. The molecule has 0 spiro atoms. The van der Waals surface area contributed by atoms with Crippen molar-refractivity contribution < 1.29 is 34.9 Å². The maximum Gasteiger partial charge on any atom is 1.00 e. The first-order chi connectivity index (χ1) is 19.8. The van der Waals surface area contributed by atoms with Crippen molar-refractivity contribution in [2.24, 2.45) is 0 Å². The van der Waals surface area contributed by atoms with Crippen LogP contribution in [0.4, 0.5) is 5.69 Å². The van der Waals surface area contributed by atoms with Gasteiger partial charge in [-0.15, -0.1) is 0 Å². The first-order valence-corrected chi connectivity index (χ1v) is 16.3. The molecule has 0 radical (unpaired) electrons. The molecular weight excluding hydrogens is 533 g/mol. The minimum absolute atomic E-state index is 0. The van der Waals surface area contributed by atoms with Crippen molar-refractivity contribution in [2.75, 3.05) is 44.2 Å². The van der Waals surface area contributed by atoms with Crippen LogP contribution >= 0.6 is 0 Å². The number of esters is 1. The van der Waals surface area contributed by atoms with Crippen LogP contribution in [0.5, 0.6) is 0 Å². The minimum atomic E-state index is -0.986. The fraction of sp³-hybridized carbons (Fsp3) is 0.765. The van der Waals surface area contributed by atoms with Gasteiger partial charge in [0.05, 0.1) is 17.2 Å². The van der Waals surface area contributed by atoms with Crippen molar-refractivity contribution >= 4 is 11.7 Å². The first-order valence-electron chi connectivity index (χ1n) is 16.3. The standard InChI is InChI=1S/C28H42N4O3.C6H15N.Li.H/c1-27(2,3)35-26(33)25(28(34)13-5-4-6-14-28)32-15-11-24(12-16-32)31-19-17-30(18-20-31)23-9-7-22(21-29)8-10-23;1-5(2)7-6(3)4;;/h7-10,24-25,34H,4-6,11-20H2,1-3H3;5-7H,1-4H3;;/q;;+1;-1. The number of nitriles is 1. The third-order valence-electron chi connectivity index (χ3n) is 8.58. The second kappa shape index (κ2) is 17.2. The molecule has 3 aliphatic rings. The number of carbonyl (C=O) groups is 1.